The Morgan fingerprint density at radius 1 is 1.05 bits per heavy atom. The summed E-state index contributed by atoms with van der Waals surface area (Å²) in [6, 6.07) is 15.3. The molecule has 3 aromatic rings. The van der Waals surface area contributed by atoms with E-state index in [2.05, 4.69) is 0 Å². The number of hydrogen-bond donors (Lipinski definition) is 1. The van der Waals surface area contributed by atoms with Gasteiger partial charge in [-0.2, -0.15) is 0 Å². The summed E-state index contributed by atoms with van der Waals surface area (Å²) >= 11 is 0. The predicted octanol–water partition coefficient (Wildman–Crippen LogP) is 2.58. The molecule has 0 saturated heterocycles. The average Bonchev–Trinajstić information content (AvgIpc) is 2.86. The van der Waals surface area contributed by atoms with E-state index in [-0.39, 0.29) is 0 Å². The number of carbonyl (C=O) groups is 2. The zero-order chi connectivity index (χ0) is 15.0. The van der Waals surface area contributed by atoms with Gasteiger partial charge in [-0.1, -0.05) is 35.9 Å². The molecule has 0 aliphatic carbocycles. The summed E-state index contributed by atoms with van der Waals surface area (Å²) in [5.74, 6) is -1.64. The maximum absolute atomic E-state index is 12.2. The van der Waals surface area contributed by atoms with Crippen molar-refractivity contribution >= 4 is 17.2 Å². The van der Waals surface area contributed by atoms with E-state index < -0.39 is 11.7 Å². The first-order valence-electron chi connectivity index (χ1n) is 6.59. The van der Waals surface area contributed by atoms with Gasteiger partial charge in [-0.05, 0) is 30.7 Å². The molecule has 0 unspecified atom stereocenters. The molecule has 0 fully saturated rings. The number of nitrogens with zero attached hydrogens (tertiary/aromatic N) is 1. The molecule has 0 atom stereocenters. The number of aromatic nitrogens is 1. The van der Waals surface area contributed by atoms with Crippen LogP contribution in [0.4, 0.5) is 0 Å². The summed E-state index contributed by atoms with van der Waals surface area (Å²) in [6.07, 6.45) is 1.75. The number of Topliss-reactive ketones (excluding diaryl/α,β-unsaturated/α-hetero) is 1. The van der Waals surface area contributed by atoms with Crippen LogP contribution in [0.2, 0.25) is 0 Å². The minimum atomic E-state index is -0.952. The van der Waals surface area contributed by atoms with Crippen molar-refractivity contribution in [2.24, 2.45) is 5.73 Å². The minimum Gasteiger partial charge on any atom is -0.363 e. The van der Waals surface area contributed by atoms with Crippen molar-refractivity contribution in [3.8, 4) is 11.1 Å². The number of fused-ring (bicyclic) bond motifs is 1. The van der Waals surface area contributed by atoms with Crippen LogP contribution in [0.15, 0.2) is 54.7 Å². The van der Waals surface area contributed by atoms with E-state index in [4.69, 9.17) is 5.73 Å². The Morgan fingerprint density at radius 3 is 2.43 bits per heavy atom. The van der Waals surface area contributed by atoms with Crippen LogP contribution in [-0.2, 0) is 4.79 Å². The second-order valence-electron chi connectivity index (χ2n) is 4.96. The summed E-state index contributed by atoms with van der Waals surface area (Å²) in [6.45, 7) is 2.00. The zero-order valence-electron chi connectivity index (χ0n) is 11.5. The highest BCUT2D eigenvalue weighted by Crippen LogP contribution is 2.28. The highest BCUT2D eigenvalue weighted by molar-refractivity contribution is 6.43. The van der Waals surface area contributed by atoms with Crippen LogP contribution >= 0.6 is 0 Å². The Morgan fingerprint density at radius 2 is 1.76 bits per heavy atom. The Labute approximate surface area is 121 Å². The lowest BCUT2D eigenvalue weighted by atomic mass is 10.0. The highest BCUT2D eigenvalue weighted by Gasteiger charge is 2.22. The second-order valence-corrected chi connectivity index (χ2v) is 4.96. The van der Waals surface area contributed by atoms with Crippen molar-refractivity contribution in [3.63, 3.8) is 0 Å². The Balaban J connectivity index is 2.31. The molecule has 0 aliphatic rings. The summed E-state index contributed by atoms with van der Waals surface area (Å²) in [7, 11) is 0. The fourth-order valence-electron chi connectivity index (χ4n) is 2.43. The van der Waals surface area contributed by atoms with Crippen LogP contribution in [0, 0.1) is 6.92 Å². The normalized spacial score (nSPS) is 10.7. The Hall–Kier alpha value is -2.88. The van der Waals surface area contributed by atoms with E-state index in [1.54, 1.807) is 10.6 Å². The van der Waals surface area contributed by atoms with Gasteiger partial charge in [-0.15, -0.1) is 0 Å². The number of pyridine rings is 1. The molecule has 0 radical (unpaired) electrons. The van der Waals surface area contributed by atoms with E-state index in [1.165, 1.54) is 0 Å². The van der Waals surface area contributed by atoms with Gasteiger partial charge in [0.05, 0.1) is 0 Å². The molecule has 0 saturated carbocycles. The van der Waals surface area contributed by atoms with Crippen molar-refractivity contribution in [1.29, 1.82) is 0 Å². The lowest BCUT2D eigenvalue weighted by Gasteiger charge is -2.04. The number of aryl methyl sites for hydroxylation is 1. The van der Waals surface area contributed by atoms with E-state index in [0.717, 1.165) is 16.6 Å². The van der Waals surface area contributed by atoms with Gasteiger partial charge < -0.3 is 10.1 Å². The second kappa shape index (κ2) is 4.90. The van der Waals surface area contributed by atoms with Crippen LogP contribution in [0.5, 0.6) is 0 Å². The van der Waals surface area contributed by atoms with Gasteiger partial charge in [0, 0.05) is 17.3 Å². The molecule has 0 bridgehead atoms. The van der Waals surface area contributed by atoms with E-state index in [9.17, 15) is 9.59 Å². The molecule has 2 N–H and O–H groups in total. The standard InChI is InChI=1S/C17H14N2O2/c1-11-5-7-12(8-6-11)14-10-13-4-2-3-9-19(13)15(14)16(20)17(18)21/h2-10H,1H3,(H2,18,21). The zero-order valence-corrected chi connectivity index (χ0v) is 11.5. The highest BCUT2D eigenvalue weighted by atomic mass is 16.2. The Kier molecular flexibility index (Phi) is 3.06. The van der Waals surface area contributed by atoms with Gasteiger partial charge in [-0.3, -0.25) is 9.59 Å². The Bertz CT molecular complexity index is 845. The number of nitrogens with two attached hydrogens (primary N) is 1. The number of ketones is 1. The van der Waals surface area contributed by atoms with Gasteiger partial charge in [0.2, 0.25) is 0 Å². The van der Waals surface area contributed by atoms with Crippen LogP contribution in [-0.4, -0.2) is 16.1 Å². The first-order chi connectivity index (χ1) is 10.1. The predicted molar refractivity (Wildman–Crippen MR) is 81.1 cm³/mol. The molecule has 2 heterocycles. The lowest BCUT2D eigenvalue weighted by Crippen LogP contribution is -2.24. The number of carbonyl (C=O) groups excluding carboxylic acids is 2. The maximum atomic E-state index is 12.2. The lowest BCUT2D eigenvalue weighted by molar-refractivity contribution is -0.114. The van der Waals surface area contributed by atoms with Gasteiger partial charge in [-0.25, -0.2) is 0 Å². The molecule has 1 aromatic carbocycles. The molecule has 0 aliphatic heterocycles. The van der Waals surface area contributed by atoms with Crippen LogP contribution in [0.25, 0.3) is 16.6 Å². The first kappa shape index (κ1) is 13.1. The number of hydrogen-bond acceptors (Lipinski definition) is 2. The molecule has 104 valence electrons. The summed E-state index contributed by atoms with van der Waals surface area (Å²) in [5.41, 5.74) is 9.07. The summed E-state index contributed by atoms with van der Waals surface area (Å²) < 4.78 is 1.70. The van der Waals surface area contributed by atoms with Crippen molar-refractivity contribution < 1.29 is 9.59 Å². The summed E-state index contributed by atoms with van der Waals surface area (Å²) in [5, 5.41) is 0. The summed E-state index contributed by atoms with van der Waals surface area (Å²) in [4.78, 5) is 23.5. The minimum absolute atomic E-state index is 0.307. The van der Waals surface area contributed by atoms with Crippen molar-refractivity contribution in [3.05, 3.63) is 66.0 Å². The van der Waals surface area contributed by atoms with Gasteiger partial charge >= 0.3 is 0 Å². The fraction of sp³-hybridized carbons (Fsp3) is 0.0588. The topological polar surface area (TPSA) is 64.6 Å². The SMILES string of the molecule is Cc1ccc(-c2cc3ccccn3c2C(=O)C(N)=O)cc1. The van der Waals surface area contributed by atoms with Crippen molar-refractivity contribution in [1.82, 2.24) is 4.40 Å². The maximum Gasteiger partial charge on any atom is 0.291 e. The molecule has 4 heteroatoms. The molecule has 0 spiro atoms. The largest absolute Gasteiger partial charge is 0.363 e. The molecule has 4 nitrogen and oxygen atoms in total. The van der Waals surface area contributed by atoms with Crippen LogP contribution in [0.1, 0.15) is 16.1 Å². The molecular weight excluding hydrogens is 264 g/mol. The van der Waals surface area contributed by atoms with E-state index in [0.29, 0.717) is 11.3 Å². The molecule has 21 heavy (non-hydrogen) atoms. The van der Waals surface area contributed by atoms with Crippen molar-refractivity contribution in [2.75, 3.05) is 0 Å². The van der Waals surface area contributed by atoms with Gasteiger partial charge in [0.1, 0.15) is 5.69 Å². The molecule has 3 rings (SSSR count). The third-order valence-electron chi connectivity index (χ3n) is 3.48. The van der Waals surface area contributed by atoms with Gasteiger partial charge in [0.15, 0.2) is 0 Å². The third kappa shape index (κ3) is 2.21. The first-order valence-corrected chi connectivity index (χ1v) is 6.59. The molecule has 2 aromatic heterocycles. The number of benzene rings is 1. The number of rotatable bonds is 3. The number of primary amides is 1. The smallest absolute Gasteiger partial charge is 0.291 e. The van der Waals surface area contributed by atoms with E-state index >= 15 is 0 Å². The monoisotopic (exact) mass is 278 g/mol. The average molecular weight is 278 g/mol. The quantitative estimate of drug-likeness (QED) is 0.591. The molecular formula is C17H14N2O2. The van der Waals surface area contributed by atoms with Crippen LogP contribution < -0.4 is 5.73 Å². The molecule has 1 amide bonds. The third-order valence-corrected chi connectivity index (χ3v) is 3.48. The van der Waals surface area contributed by atoms with Crippen LogP contribution in [0.3, 0.4) is 0 Å². The fourth-order valence-corrected chi connectivity index (χ4v) is 2.43. The van der Waals surface area contributed by atoms with Crippen molar-refractivity contribution in [2.45, 2.75) is 6.92 Å². The number of amides is 1. The van der Waals surface area contributed by atoms with E-state index in [1.807, 2.05) is 55.5 Å². The van der Waals surface area contributed by atoms with Gasteiger partial charge in [0.25, 0.3) is 11.7 Å².